The van der Waals surface area contributed by atoms with Crippen molar-refractivity contribution in [1.82, 2.24) is 40.2 Å². The molecule has 4 heterocycles. The van der Waals surface area contributed by atoms with Crippen LogP contribution in [0.15, 0.2) is 30.6 Å². The molecule has 0 bridgehead atoms. The van der Waals surface area contributed by atoms with Gasteiger partial charge in [-0.3, -0.25) is 9.59 Å². The molecule has 0 radical (unpaired) electrons. The maximum atomic E-state index is 13.5. The lowest BCUT2D eigenvalue weighted by atomic mass is 10.0. The quantitative estimate of drug-likeness (QED) is 0.386. The average molecular weight is 517 g/mol. The van der Waals surface area contributed by atoms with Crippen molar-refractivity contribution >= 4 is 23.0 Å². The number of amides is 2. The number of imidazole rings is 1. The van der Waals surface area contributed by atoms with E-state index in [1.165, 1.54) is 0 Å². The SMILES string of the molecule is CCc1nc2nccc(C(=O)N3CCCC(n4cc(CNC(=O)c5cc(C)cc(OC)c5C)nn4)C3)c2[nH]1. The molecule has 2 amide bonds. The molecule has 1 fully saturated rings. The number of fused-ring (bicyclic) bond motifs is 1. The lowest BCUT2D eigenvalue weighted by Gasteiger charge is -2.32. The fourth-order valence-electron chi connectivity index (χ4n) is 4.94. The minimum absolute atomic E-state index is 0.00164. The fraction of sp³-hybridized carbons (Fsp3) is 0.407. The minimum Gasteiger partial charge on any atom is -0.496 e. The number of hydrogen-bond acceptors (Lipinski definition) is 7. The number of benzene rings is 1. The zero-order valence-corrected chi connectivity index (χ0v) is 22.1. The van der Waals surface area contributed by atoms with Crippen LogP contribution in [0.2, 0.25) is 0 Å². The van der Waals surface area contributed by atoms with E-state index in [1.807, 2.05) is 44.0 Å². The Morgan fingerprint density at radius 3 is 2.87 bits per heavy atom. The van der Waals surface area contributed by atoms with Gasteiger partial charge in [-0.25, -0.2) is 14.6 Å². The third-order valence-electron chi connectivity index (χ3n) is 7.02. The summed E-state index contributed by atoms with van der Waals surface area (Å²) in [5.41, 5.74) is 4.78. The van der Waals surface area contributed by atoms with Crippen LogP contribution in [-0.4, -0.2) is 66.9 Å². The number of carbonyl (C=O) groups excluding carboxylic acids is 2. The van der Waals surface area contributed by atoms with Crippen molar-refractivity contribution in [1.29, 1.82) is 0 Å². The second-order valence-electron chi connectivity index (χ2n) is 9.65. The lowest BCUT2D eigenvalue weighted by molar-refractivity contribution is 0.0673. The van der Waals surface area contributed by atoms with Crippen LogP contribution >= 0.6 is 0 Å². The molecule has 0 spiro atoms. The highest BCUT2D eigenvalue weighted by Crippen LogP contribution is 2.25. The maximum absolute atomic E-state index is 13.5. The summed E-state index contributed by atoms with van der Waals surface area (Å²) in [4.78, 5) is 40.2. The molecule has 0 saturated carbocycles. The molecule has 1 aliphatic rings. The molecule has 38 heavy (non-hydrogen) atoms. The smallest absolute Gasteiger partial charge is 0.256 e. The molecule has 3 aromatic heterocycles. The van der Waals surface area contributed by atoms with Crippen molar-refractivity contribution in [3.63, 3.8) is 0 Å². The first-order chi connectivity index (χ1) is 18.4. The number of nitrogens with one attached hydrogen (secondary N) is 2. The summed E-state index contributed by atoms with van der Waals surface area (Å²) in [6.45, 7) is 7.24. The number of aromatic nitrogens is 6. The molecule has 1 atom stereocenters. The highest BCUT2D eigenvalue weighted by molar-refractivity contribution is 6.04. The third-order valence-corrected chi connectivity index (χ3v) is 7.02. The Morgan fingerprint density at radius 2 is 2.08 bits per heavy atom. The first kappa shape index (κ1) is 25.4. The van der Waals surface area contributed by atoms with Crippen LogP contribution in [0.5, 0.6) is 5.75 Å². The van der Waals surface area contributed by atoms with Gasteiger partial charge in [-0.15, -0.1) is 5.10 Å². The van der Waals surface area contributed by atoms with Gasteiger partial charge in [0, 0.05) is 36.8 Å². The molecule has 11 heteroatoms. The van der Waals surface area contributed by atoms with Gasteiger partial charge in [0.05, 0.1) is 37.0 Å². The topological polar surface area (TPSA) is 131 Å². The summed E-state index contributed by atoms with van der Waals surface area (Å²) < 4.78 is 7.19. The van der Waals surface area contributed by atoms with Crippen LogP contribution in [0.1, 0.15) is 69.2 Å². The Labute approximate surface area is 220 Å². The van der Waals surface area contributed by atoms with Crippen molar-refractivity contribution in [3.8, 4) is 5.75 Å². The van der Waals surface area contributed by atoms with Gasteiger partial charge in [-0.1, -0.05) is 12.1 Å². The van der Waals surface area contributed by atoms with Crippen molar-refractivity contribution < 1.29 is 14.3 Å². The molecule has 1 aromatic carbocycles. The van der Waals surface area contributed by atoms with Gasteiger partial charge in [0.1, 0.15) is 17.3 Å². The molecular weight excluding hydrogens is 484 g/mol. The van der Waals surface area contributed by atoms with Crippen molar-refractivity contribution in [3.05, 3.63) is 64.4 Å². The van der Waals surface area contributed by atoms with Gasteiger partial charge in [0.2, 0.25) is 0 Å². The Morgan fingerprint density at radius 1 is 1.24 bits per heavy atom. The maximum Gasteiger partial charge on any atom is 0.256 e. The normalized spacial score (nSPS) is 15.6. The number of rotatable bonds is 7. The van der Waals surface area contributed by atoms with Crippen molar-refractivity contribution in [2.75, 3.05) is 20.2 Å². The van der Waals surface area contributed by atoms with E-state index in [0.29, 0.717) is 46.8 Å². The fourth-order valence-corrected chi connectivity index (χ4v) is 4.94. The van der Waals surface area contributed by atoms with Gasteiger partial charge in [-0.2, -0.15) is 0 Å². The second-order valence-corrected chi connectivity index (χ2v) is 9.65. The Balaban J connectivity index is 1.25. The molecule has 1 unspecified atom stereocenters. The van der Waals surface area contributed by atoms with Crippen molar-refractivity contribution in [2.45, 2.75) is 52.6 Å². The lowest BCUT2D eigenvalue weighted by Crippen LogP contribution is -2.41. The molecular formula is C27H32N8O3. The van der Waals surface area contributed by atoms with E-state index >= 15 is 0 Å². The summed E-state index contributed by atoms with van der Waals surface area (Å²) in [5.74, 6) is 1.25. The Kier molecular flexibility index (Phi) is 7.08. The number of piperidine rings is 1. The van der Waals surface area contributed by atoms with E-state index in [0.717, 1.165) is 36.2 Å². The summed E-state index contributed by atoms with van der Waals surface area (Å²) in [7, 11) is 1.60. The van der Waals surface area contributed by atoms with E-state index in [2.05, 4.69) is 30.6 Å². The monoisotopic (exact) mass is 516 g/mol. The second kappa shape index (κ2) is 10.6. The highest BCUT2D eigenvalue weighted by atomic mass is 16.5. The molecule has 0 aliphatic carbocycles. The molecule has 198 valence electrons. The first-order valence-electron chi connectivity index (χ1n) is 12.8. The standard InChI is InChI=1S/C27H32N8O3/c1-5-23-30-24-20(8-9-28-25(24)31-23)27(37)34-10-6-7-19(15-34)35-14-18(32-33-35)13-29-26(36)21-11-16(2)12-22(38-4)17(21)3/h8-9,11-12,14,19H,5-7,10,13,15H2,1-4H3,(H,29,36)(H,28,30,31). The zero-order chi connectivity index (χ0) is 26.8. The number of H-pyrrole nitrogens is 1. The van der Waals surface area contributed by atoms with E-state index < -0.39 is 0 Å². The summed E-state index contributed by atoms with van der Waals surface area (Å²) in [6, 6.07) is 5.50. The Bertz CT molecular complexity index is 1490. The predicted molar refractivity (Wildman–Crippen MR) is 141 cm³/mol. The number of methoxy groups -OCH3 is 1. The molecule has 2 N–H and O–H groups in total. The number of hydrogen-bond donors (Lipinski definition) is 2. The van der Waals surface area contributed by atoms with Crippen LogP contribution < -0.4 is 10.1 Å². The third kappa shape index (κ3) is 4.96. The summed E-state index contributed by atoms with van der Waals surface area (Å²) in [5, 5.41) is 11.5. The predicted octanol–water partition coefficient (Wildman–Crippen LogP) is 3.14. The number of likely N-dealkylation sites (tertiary alicyclic amines) is 1. The molecule has 1 saturated heterocycles. The molecule has 4 aromatic rings. The number of carbonyl (C=O) groups is 2. The van der Waals surface area contributed by atoms with Gasteiger partial charge in [0.15, 0.2) is 5.65 Å². The molecule has 11 nitrogen and oxygen atoms in total. The van der Waals surface area contributed by atoms with E-state index in [1.54, 1.807) is 24.1 Å². The first-order valence-corrected chi connectivity index (χ1v) is 12.8. The van der Waals surface area contributed by atoms with Crippen LogP contribution in [0.3, 0.4) is 0 Å². The summed E-state index contributed by atoms with van der Waals surface area (Å²) >= 11 is 0. The molecule has 1 aliphatic heterocycles. The number of nitrogens with zero attached hydrogens (tertiary/aromatic N) is 6. The van der Waals surface area contributed by atoms with Gasteiger partial charge >= 0.3 is 0 Å². The number of aromatic amines is 1. The Hall–Kier alpha value is -4.28. The highest BCUT2D eigenvalue weighted by Gasteiger charge is 2.28. The number of pyridine rings is 1. The summed E-state index contributed by atoms with van der Waals surface area (Å²) in [6.07, 6.45) is 5.95. The van der Waals surface area contributed by atoms with E-state index in [4.69, 9.17) is 4.74 Å². The van der Waals surface area contributed by atoms with Crippen LogP contribution in [0, 0.1) is 13.8 Å². The minimum atomic E-state index is -0.192. The molecule has 5 rings (SSSR count). The van der Waals surface area contributed by atoms with Gasteiger partial charge in [0.25, 0.3) is 11.8 Å². The average Bonchev–Trinajstić information content (AvgIpc) is 3.59. The van der Waals surface area contributed by atoms with Crippen LogP contribution in [0.4, 0.5) is 0 Å². The van der Waals surface area contributed by atoms with Gasteiger partial charge < -0.3 is 19.9 Å². The van der Waals surface area contributed by atoms with Crippen molar-refractivity contribution in [2.24, 2.45) is 0 Å². The van der Waals surface area contributed by atoms with E-state index in [9.17, 15) is 9.59 Å². The van der Waals surface area contributed by atoms with Crippen LogP contribution in [-0.2, 0) is 13.0 Å². The zero-order valence-electron chi connectivity index (χ0n) is 22.1. The number of aryl methyl sites for hydroxylation is 2. The number of ether oxygens (including phenoxy) is 1. The van der Waals surface area contributed by atoms with Gasteiger partial charge in [-0.05, 0) is 50.5 Å². The largest absolute Gasteiger partial charge is 0.496 e. The van der Waals surface area contributed by atoms with E-state index in [-0.39, 0.29) is 24.4 Å². The van der Waals surface area contributed by atoms with Crippen LogP contribution in [0.25, 0.3) is 11.2 Å².